The van der Waals surface area contributed by atoms with Gasteiger partial charge in [-0.15, -0.1) is 0 Å². The Kier molecular flexibility index (Phi) is 8.48. The van der Waals surface area contributed by atoms with Crippen molar-refractivity contribution in [1.29, 1.82) is 0 Å². The summed E-state index contributed by atoms with van der Waals surface area (Å²) in [7, 11) is 0. The summed E-state index contributed by atoms with van der Waals surface area (Å²) in [6.07, 6.45) is 19.6. The van der Waals surface area contributed by atoms with E-state index in [1.807, 2.05) is 12.1 Å². The normalized spacial score (nSPS) is 24.0. The average Bonchev–Trinajstić information content (AvgIpc) is 2.88. The molecule has 0 heterocycles. The lowest BCUT2D eigenvalue weighted by atomic mass is 9.51. The highest BCUT2D eigenvalue weighted by atomic mass is 19.2. The molecule has 3 saturated carbocycles. The van der Waals surface area contributed by atoms with Crippen molar-refractivity contribution in [2.45, 2.75) is 122 Å². The van der Waals surface area contributed by atoms with Crippen LogP contribution in [0.2, 0.25) is 0 Å². The molecule has 0 aromatic heterocycles. The van der Waals surface area contributed by atoms with Gasteiger partial charge in [0.15, 0.2) is 11.6 Å². The summed E-state index contributed by atoms with van der Waals surface area (Å²) in [5.41, 5.74) is 4.00. The third-order valence-electron chi connectivity index (χ3n) is 9.23. The first-order valence-corrected chi connectivity index (χ1v) is 14.1. The topological polar surface area (TPSA) is 0 Å². The van der Waals surface area contributed by atoms with Gasteiger partial charge in [-0.3, -0.25) is 0 Å². The van der Waals surface area contributed by atoms with E-state index in [-0.39, 0.29) is 0 Å². The number of rotatable bonds is 12. The largest absolute Gasteiger partial charge is 0.203 e. The van der Waals surface area contributed by atoms with Crippen molar-refractivity contribution in [3.05, 3.63) is 59.2 Å². The van der Waals surface area contributed by atoms with Crippen LogP contribution < -0.4 is 0 Å². The average molecular weight is 467 g/mol. The molecule has 0 radical (unpaired) electrons. The number of hydrogen-bond acceptors (Lipinski definition) is 0. The molecule has 0 N–H and O–H groups in total. The second-order valence-electron chi connectivity index (χ2n) is 11.4. The number of benzene rings is 2. The first-order chi connectivity index (χ1) is 16.5. The molecule has 5 rings (SSSR count). The highest BCUT2D eigenvalue weighted by molar-refractivity contribution is 5.65. The van der Waals surface area contributed by atoms with E-state index >= 15 is 0 Å². The van der Waals surface area contributed by atoms with Gasteiger partial charge in [0.1, 0.15) is 0 Å². The van der Waals surface area contributed by atoms with Crippen molar-refractivity contribution in [1.82, 2.24) is 0 Å². The van der Waals surface area contributed by atoms with Gasteiger partial charge in [-0.25, -0.2) is 8.78 Å². The number of hydrogen-bond donors (Lipinski definition) is 0. The van der Waals surface area contributed by atoms with Crippen LogP contribution >= 0.6 is 0 Å². The fourth-order valence-electron chi connectivity index (χ4n) is 6.75. The summed E-state index contributed by atoms with van der Waals surface area (Å²) >= 11 is 0. The van der Waals surface area contributed by atoms with Gasteiger partial charge in [-0.1, -0.05) is 95.2 Å². The number of unbranched alkanes of at least 4 members (excludes halogenated alkanes) is 6. The quantitative estimate of drug-likeness (QED) is 0.273. The molecule has 2 aromatic carbocycles. The second-order valence-corrected chi connectivity index (χ2v) is 11.4. The van der Waals surface area contributed by atoms with Crippen LogP contribution in [0.25, 0.3) is 11.1 Å². The van der Waals surface area contributed by atoms with E-state index in [1.54, 1.807) is 12.1 Å². The molecule has 2 aromatic rings. The SMILES string of the molecule is CCCCCCCc1ccc(-c2ccc(C34CCC(CCCCC)(CC3)CC4)cc2)c(F)c1F. The maximum Gasteiger partial charge on any atom is 0.166 e. The molecule has 0 amide bonds. The first-order valence-electron chi connectivity index (χ1n) is 14.1. The summed E-state index contributed by atoms with van der Waals surface area (Å²) in [5.74, 6) is -1.35. The Hall–Kier alpha value is -1.70. The zero-order valence-corrected chi connectivity index (χ0v) is 21.5. The molecule has 3 aliphatic rings. The standard InChI is InChI=1S/C32H44F2/c1-3-5-7-8-9-11-26-14-17-28(30(34)29(26)33)25-12-15-27(16-13-25)32-22-19-31(20-23-32,21-24-32)18-10-6-4-2/h12-17H,3-11,18-24H2,1-2H3. The van der Waals surface area contributed by atoms with Gasteiger partial charge in [-0.05, 0) is 85.3 Å². The van der Waals surface area contributed by atoms with Crippen molar-refractivity contribution in [2.75, 3.05) is 0 Å². The Morgan fingerprint density at radius 1 is 0.647 bits per heavy atom. The summed E-state index contributed by atoms with van der Waals surface area (Å²) in [6.45, 7) is 4.47. The summed E-state index contributed by atoms with van der Waals surface area (Å²) < 4.78 is 29.8. The zero-order valence-electron chi connectivity index (χ0n) is 21.5. The van der Waals surface area contributed by atoms with Gasteiger partial charge in [0, 0.05) is 5.56 Å². The van der Waals surface area contributed by atoms with Crippen molar-refractivity contribution in [2.24, 2.45) is 5.41 Å². The highest BCUT2D eigenvalue weighted by Gasteiger charge is 2.48. The van der Waals surface area contributed by atoms with E-state index in [0.29, 0.717) is 28.4 Å². The molecule has 2 bridgehead atoms. The van der Waals surface area contributed by atoms with Crippen LogP contribution in [-0.2, 0) is 11.8 Å². The van der Waals surface area contributed by atoms with E-state index in [2.05, 4.69) is 26.0 Å². The van der Waals surface area contributed by atoms with E-state index in [1.165, 1.54) is 89.0 Å². The Balaban J connectivity index is 1.41. The summed E-state index contributed by atoms with van der Waals surface area (Å²) in [6, 6.07) is 12.0. The molecule has 3 fully saturated rings. The van der Waals surface area contributed by atoms with Gasteiger partial charge < -0.3 is 0 Å². The van der Waals surface area contributed by atoms with Crippen LogP contribution in [0.5, 0.6) is 0 Å². The lowest BCUT2D eigenvalue weighted by Crippen LogP contribution is -2.44. The molecule has 0 nitrogen and oxygen atoms in total. The number of halogens is 2. The molecule has 186 valence electrons. The third-order valence-corrected chi connectivity index (χ3v) is 9.23. The molecule has 0 atom stereocenters. The lowest BCUT2D eigenvalue weighted by Gasteiger charge is -2.54. The molecule has 3 aliphatic carbocycles. The van der Waals surface area contributed by atoms with E-state index in [4.69, 9.17) is 0 Å². The summed E-state index contributed by atoms with van der Waals surface area (Å²) in [4.78, 5) is 0. The van der Waals surface area contributed by atoms with Crippen LogP contribution in [0.1, 0.15) is 121 Å². The Labute approximate surface area is 206 Å². The molecule has 2 heteroatoms. The van der Waals surface area contributed by atoms with Gasteiger partial charge in [-0.2, -0.15) is 0 Å². The zero-order chi connectivity index (χ0) is 24.0. The molecule has 0 unspecified atom stereocenters. The molecular formula is C32H44F2. The minimum absolute atomic E-state index is 0.302. The van der Waals surface area contributed by atoms with E-state index in [0.717, 1.165) is 18.4 Å². The van der Waals surface area contributed by atoms with E-state index < -0.39 is 11.6 Å². The van der Waals surface area contributed by atoms with Crippen molar-refractivity contribution in [3.63, 3.8) is 0 Å². The van der Waals surface area contributed by atoms with Crippen LogP contribution in [-0.4, -0.2) is 0 Å². The molecule has 0 aliphatic heterocycles. The van der Waals surface area contributed by atoms with Gasteiger partial charge in [0.05, 0.1) is 0 Å². The van der Waals surface area contributed by atoms with Gasteiger partial charge in [0.2, 0.25) is 0 Å². The lowest BCUT2D eigenvalue weighted by molar-refractivity contribution is 0.0305. The van der Waals surface area contributed by atoms with Crippen LogP contribution in [0, 0.1) is 17.0 Å². The summed E-state index contributed by atoms with van der Waals surface area (Å²) in [5, 5.41) is 0. The van der Waals surface area contributed by atoms with Gasteiger partial charge in [0.25, 0.3) is 0 Å². The second kappa shape index (κ2) is 11.4. The fourth-order valence-corrected chi connectivity index (χ4v) is 6.75. The minimum Gasteiger partial charge on any atom is -0.203 e. The monoisotopic (exact) mass is 466 g/mol. The fraction of sp³-hybridized carbons (Fsp3) is 0.625. The van der Waals surface area contributed by atoms with Crippen molar-refractivity contribution in [3.8, 4) is 11.1 Å². The molecular weight excluding hydrogens is 422 g/mol. The Morgan fingerprint density at radius 2 is 1.26 bits per heavy atom. The van der Waals surface area contributed by atoms with Crippen LogP contribution in [0.15, 0.2) is 36.4 Å². The number of aryl methyl sites for hydroxylation is 1. The molecule has 0 spiro atoms. The minimum atomic E-state index is -0.691. The predicted octanol–water partition coefficient (Wildman–Crippen LogP) is 10.3. The maximum absolute atomic E-state index is 15.0. The number of fused-ring (bicyclic) bond motifs is 3. The first kappa shape index (κ1) is 25.4. The van der Waals surface area contributed by atoms with Crippen LogP contribution in [0.3, 0.4) is 0 Å². The van der Waals surface area contributed by atoms with Gasteiger partial charge >= 0.3 is 0 Å². The third kappa shape index (κ3) is 5.42. The van der Waals surface area contributed by atoms with Crippen LogP contribution in [0.4, 0.5) is 8.78 Å². The Morgan fingerprint density at radius 3 is 1.91 bits per heavy atom. The maximum atomic E-state index is 15.0. The molecule has 34 heavy (non-hydrogen) atoms. The van der Waals surface area contributed by atoms with Crippen molar-refractivity contribution < 1.29 is 8.78 Å². The highest BCUT2D eigenvalue weighted by Crippen LogP contribution is 2.59. The molecule has 0 saturated heterocycles. The Bertz CT molecular complexity index is 902. The smallest absolute Gasteiger partial charge is 0.166 e. The van der Waals surface area contributed by atoms with Crippen molar-refractivity contribution >= 4 is 0 Å². The predicted molar refractivity (Wildman–Crippen MR) is 140 cm³/mol. The van der Waals surface area contributed by atoms with E-state index in [9.17, 15) is 8.78 Å².